The molecule has 8 heteroatoms. The van der Waals surface area contributed by atoms with E-state index >= 15 is 0 Å². The second-order valence-corrected chi connectivity index (χ2v) is 10.7. The van der Waals surface area contributed by atoms with Crippen LogP contribution in [-0.4, -0.2) is 74.3 Å². The highest BCUT2D eigenvalue weighted by Gasteiger charge is 2.35. The van der Waals surface area contributed by atoms with Crippen LogP contribution in [-0.2, 0) is 16.1 Å². The van der Waals surface area contributed by atoms with Gasteiger partial charge in [-0.2, -0.15) is 0 Å². The van der Waals surface area contributed by atoms with Gasteiger partial charge in [-0.15, -0.1) is 0 Å². The Kier molecular flexibility index (Phi) is 9.06. The molecule has 0 radical (unpaired) electrons. The zero-order valence-electron chi connectivity index (χ0n) is 21.2. The first-order valence-electron chi connectivity index (χ1n) is 13.3. The van der Waals surface area contributed by atoms with E-state index in [0.717, 1.165) is 93.1 Å². The molecule has 37 heavy (non-hydrogen) atoms. The number of ether oxygens (including phenoxy) is 2. The Morgan fingerprint density at radius 3 is 2.76 bits per heavy atom. The van der Waals surface area contributed by atoms with Crippen LogP contribution in [0.3, 0.4) is 0 Å². The molecule has 1 aliphatic carbocycles. The molecule has 2 heterocycles. The third kappa shape index (κ3) is 6.87. The topological polar surface area (TPSA) is 54.0 Å². The number of rotatable bonds is 10. The fourth-order valence-corrected chi connectivity index (χ4v) is 5.44. The normalized spacial score (nSPS) is 18.6. The lowest BCUT2D eigenvalue weighted by Gasteiger charge is -2.28. The molecule has 2 aromatic carbocycles. The Morgan fingerprint density at radius 1 is 1.14 bits per heavy atom. The molecule has 0 bridgehead atoms. The molecule has 2 fully saturated rings. The number of morpholine rings is 1. The summed E-state index contributed by atoms with van der Waals surface area (Å²) in [4.78, 5) is 18.3. The minimum Gasteiger partial charge on any atom is -0.494 e. The van der Waals surface area contributed by atoms with Crippen molar-refractivity contribution < 1.29 is 14.3 Å². The Balaban J connectivity index is 1.29. The van der Waals surface area contributed by atoms with E-state index in [-0.39, 0.29) is 11.9 Å². The highest BCUT2D eigenvalue weighted by molar-refractivity contribution is 6.42. The van der Waals surface area contributed by atoms with Crippen molar-refractivity contribution >= 4 is 34.7 Å². The lowest BCUT2D eigenvalue weighted by molar-refractivity contribution is -0.128. The second-order valence-electron chi connectivity index (χ2n) is 9.94. The average Bonchev–Trinajstić information content (AvgIpc) is 3.78. The van der Waals surface area contributed by atoms with Gasteiger partial charge in [-0.3, -0.25) is 9.69 Å². The van der Waals surface area contributed by atoms with Crippen LogP contribution in [0.15, 0.2) is 48.0 Å². The molecule has 198 valence electrons. The van der Waals surface area contributed by atoms with E-state index in [1.807, 2.05) is 29.2 Å². The number of nitrogens with zero attached hydrogens (tertiary/aromatic N) is 2. The number of halogens is 2. The number of hydrogen-bond donors (Lipinski definition) is 1. The smallest absolute Gasteiger partial charge is 0.251 e. The van der Waals surface area contributed by atoms with E-state index < -0.39 is 0 Å². The van der Waals surface area contributed by atoms with E-state index in [1.54, 1.807) is 6.07 Å². The molecule has 0 atom stereocenters. The molecular formula is C29H35Cl2N3O3. The van der Waals surface area contributed by atoms with Crippen LogP contribution in [0.2, 0.25) is 10.0 Å². The van der Waals surface area contributed by atoms with Crippen LogP contribution in [0.4, 0.5) is 0 Å². The molecule has 1 amide bonds. The van der Waals surface area contributed by atoms with Crippen molar-refractivity contribution in [3.63, 3.8) is 0 Å². The number of carbonyl (C=O) groups is 1. The summed E-state index contributed by atoms with van der Waals surface area (Å²) >= 11 is 12.7. The largest absolute Gasteiger partial charge is 0.494 e. The summed E-state index contributed by atoms with van der Waals surface area (Å²) in [6, 6.07) is 14.1. The molecule has 2 aromatic rings. The van der Waals surface area contributed by atoms with Crippen LogP contribution in [0.1, 0.15) is 36.8 Å². The maximum atomic E-state index is 13.9. The van der Waals surface area contributed by atoms with Gasteiger partial charge in [0.25, 0.3) is 5.91 Å². The van der Waals surface area contributed by atoms with E-state index in [1.165, 1.54) is 0 Å². The third-order valence-corrected chi connectivity index (χ3v) is 8.13. The monoisotopic (exact) mass is 543 g/mol. The van der Waals surface area contributed by atoms with E-state index in [4.69, 9.17) is 32.7 Å². The van der Waals surface area contributed by atoms with Gasteiger partial charge in [-0.25, -0.2) is 0 Å². The SMILES string of the molecule is O=C(C1=C(c2cccc(OCCCN3CCOCC3)c2)CCNC1)N(Cc1cccc(Cl)c1Cl)C1CC1. The zero-order valence-corrected chi connectivity index (χ0v) is 22.7. The zero-order chi connectivity index (χ0) is 25.6. The summed E-state index contributed by atoms with van der Waals surface area (Å²) in [6.45, 7) is 7.19. The Bertz CT molecular complexity index is 1130. The average molecular weight is 545 g/mol. The van der Waals surface area contributed by atoms with Crippen molar-refractivity contribution in [2.24, 2.45) is 0 Å². The Hall–Kier alpha value is -2.09. The van der Waals surface area contributed by atoms with Gasteiger partial charge in [0.05, 0.1) is 29.9 Å². The van der Waals surface area contributed by atoms with Gasteiger partial charge in [0.1, 0.15) is 5.75 Å². The lowest BCUT2D eigenvalue weighted by Crippen LogP contribution is -2.39. The molecule has 0 spiro atoms. The summed E-state index contributed by atoms with van der Waals surface area (Å²) in [6.07, 6.45) is 3.82. The van der Waals surface area contributed by atoms with Gasteiger partial charge in [0.2, 0.25) is 0 Å². The number of benzene rings is 2. The number of amides is 1. The van der Waals surface area contributed by atoms with Crippen molar-refractivity contribution in [2.75, 3.05) is 52.5 Å². The van der Waals surface area contributed by atoms with Crippen LogP contribution in [0.5, 0.6) is 5.75 Å². The van der Waals surface area contributed by atoms with Crippen molar-refractivity contribution in [2.45, 2.75) is 38.3 Å². The first-order valence-corrected chi connectivity index (χ1v) is 14.1. The lowest BCUT2D eigenvalue weighted by atomic mass is 9.93. The standard InChI is InChI=1S/C29H35Cl2N3O3/c30-27-7-2-5-22(28(27)31)20-34(23-8-9-23)29(35)26-19-32-11-10-25(26)21-4-1-6-24(18-21)37-15-3-12-33-13-16-36-17-14-33/h1-2,4-7,18,23,32H,3,8-17,19-20H2. The van der Waals surface area contributed by atoms with Gasteiger partial charge in [0.15, 0.2) is 0 Å². The highest BCUT2D eigenvalue weighted by Crippen LogP contribution is 2.35. The van der Waals surface area contributed by atoms with E-state index in [2.05, 4.69) is 22.3 Å². The maximum Gasteiger partial charge on any atom is 0.251 e. The Morgan fingerprint density at radius 2 is 1.95 bits per heavy atom. The molecule has 1 saturated heterocycles. The fraction of sp³-hybridized carbons (Fsp3) is 0.483. The molecule has 3 aliphatic rings. The molecule has 1 N–H and O–H groups in total. The van der Waals surface area contributed by atoms with Crippen LogP contribution in [0.25, 0.3) is 5.57 Å². The quantitative estimate of drug-likeness (QED) is 0.426. The summed E-state index contributed by atoms with van der Waals surface area (Å²) in [5.74, 6) is 0.930. The van der Waals surface area contributed by atoms with Crippen molar-refractivity contribution in [1.82, 2.24) is 15.1 Å². The fourth-order valence-electron chi connectivity index (χ4n) is 5.06. The molecule has 0 unspecified atom stereocenters. The van der Waals surface area contributed by atoms with Crippen molar-refractivity contribution in [3.8, 4) is 5.75 Å². The first-order chi connectivity index (χ1) is 18.1. The van der Waals surface area contributed by atoms with Crippen molar-refractivity contribution in [1.29, 1.82) is 0 Å². The first kappa shape index (κ1) is 26.5. The number of nitrogens with one attached hydrogen (secondary N) is 1. The van der Waals surface area contributed by atoms with Gasteiger partial charge >= 0.3 is 0 Å². The summed E-state index contributed by atoms with van der Waals surface area (Å²) in [5.41, 5.74) is 3.88. The highest BCUT2D eigenvalue weighted by atomic mass is 35.5. The minimum atomic E-state index is 0.0811. The number of carbonyl (C=O) groups excluding carboxylic acids is 1. The van der Waals surface area contributed by atoms with E-state index in [9.17, 15) is 4.79 Å². The van der Waals surface area contributed by atoms with Gasteiger partial charge in [0, 0.05) is 44.3 Å². The minimum absolute atomic E-state index is 0.0811. The molecule has 5 rings (SSSR count). The summed E-state index contributed by atoms with van der Waals surface area (Å²) in [7, 11) is 0. The summed E-state index contributed by atoms with van der Waals surface area (Å²) in [5, 5.41) is 4.45. The number of hydrogen-bond acceptors (Lipinski definition) is 5. The molecule has 6 nitrogen and oxygen atoms in total. The van der Waals surface area contributed by atoms with E-state index in [0.29, 0.717) is 29.7 Å². The Labute approximate surface area is 229 Å². The van der Waals surface area contributed by atoms with Crippen LogP contribution >= 0.6 is 23.2 Å². The molecule has 0 aromatic heterocycles. The van der Waals surface area contributed by atoms with Crippen molar-refractivity contribution in [3.05, 3.63) is 69.2 Å². The molecule has 1 saturated carbocycles. The van der Waals surface area contributed by atoms with Crippen LogP contribution < -0.4 is 10.1 Å². The second kappa shape index (κ2) is 12.6. The molecular weight excluding hydrogens is 509 g/mol. The van der Waals surface area contributed by atoms with Crippen LogP contribution in [0, 0.1) is 0 Å². The molecule has 2 aliphatic heterocycles. The predicted molar refractivity (Wildman–Crippen MR) is 148 cm³/mol. The third-order valence-electron chi connectivity index (χ3n) is 7.27. The van der Waals surface area contributed by atoms with Gasteiger partial charge < -0.3 is 19.7 Å². The maximum absolute atomic E-state index is 13.9. The summed E-state index contributed by atoms with van der Waals surface area (Å²) < 4.78 is 11.5. The van der Waals surface area contributed by atoms with Gasteiger partial charge in [-0.1, -0.05) is 47.5 Å². The predicted octanol–water partition coefficient (Wildman–Crippen LogP) is 5.03. The van der Waals surface area contributed by atoms with Gasteiger partial charge in [-0.05, 0) is 67.1 Å².